The second-order valence-electron chi connectivity index (χ2n) is 7.04. The first-order valence-corrected chi connectivity index (χ1v) is 10.6. The number of rotatable bonds is 3. The van der Waals surface area contributed by atoms with Crippen molar-refractivity contribution in [3.63, 3.8) is 0 Å². The molecule has 1 aromatic carbocycles. The van der Waals surface area contributed by atoms with Crippen molar-refractivity contribution in [2.24, 2.45) is 0 Å². The van der Waals surface area contributed by atoms with Crippen LogP contribution in [0.1, 0.15) is 48.5 Å². The Hall–Kier alpha value is -1.40. The van der Waals surface area contributed by atoms with Gasteiger partial charge >= 0.3 is 0 Å². The van der Waals surface area contributed by atoms with Gasteiger partial charge in [-0.15, -0.1) is 0 Å². The second kappa shape index (κ2) is 6.48. The van der Waals surface area contributed by atoms with E-state index in [2.05, 4.69) is 6.92 Å². The Balaban J connectivity index is 1.81. The largest absolute Gasteiger partial charge is 0.337 e. The van der Waals surface area contributed by atoms with E-state index in [1.54, 1.807) is 4.31 Å². The van der Waals surface area contributed by atoms with Crippen molar-refractivity contribution in [3.05, 3.63) is 35.4 Å². The minimum Gasteiger partial charge on any atom is -0.337 e. The third kappa shape index (κ3) is 3.22. The Morgan fingerprint density at radius 3 is 2.33 bits per heavy atom. The zero-order chi connectivity index (χ0) is 17.4. The van der Waals surface area contributed by atoms with Crippen LogP contribution in [0.25, 0.3) is 0 Å². The summed E-state index contributed by atoms with van der Waals surface area (Å²) in [5, 5.41) is 0. The highest BCUT2D eigenvalue weighted by Crippen LogP contribution is 2.39. The van der Waals surface area contributed by atoms with Crippen molar-refractivity contribution in [2.45, 2.75) is 44.6 Å². The van der Waals surface area contributed by atoms with E-state index in [4.69, 9.17) is 0 Å². The number of carbonyl (C=O) groups is 1. The molecule has 0 bridgehead atoms. The Bertz CT molecular complexity index is 714. The van der Waals surface area contributed by atoms with Gasteiger partial charge in [0.05, 0.1) is 11.8 Å². The maximum atomic E-state index is 12.9. The molecule has 1 amide bonds. The molecule has 5 nitrogen and oxygen atoms in total. The van der Waals surface area contributed by atoms with Crippen LogP contribution in [0.5, 0.6) is 0 Å². The molecule has 132 valence electrons. The highest BCUT2D eigenvalue weighted by molar-refractivity contribution is 7.88. The molecule has 1 aromatic rings. The number of amides is 1. The lowest BCUT2D eigenvalue weighted by atomic mass is 9.87. The molecule has 2 aliphatic heterocycles. The van der Waals surface area contributed by atoms with E-state index in [9.17, 15) is 13.2 Å². The molecule has 2 fully saturated rings. The number of hydrogen-bond donors (Lipinski definition) is 0. The van der Waals surface area contributed by atoms with E-state index < -0.39 is 15.6 Å². The van der Waals surface area contributed by atoms with E-state index in [-0.39, 0.29) is 5.91 Å². The van der Waals surface area contributed by atoms with Crippen molar-refractivity contribution in [2.75, 3.05) is 25.9 Å². The lowest BCUT2D eigenvalue weighted by molar-refractivity contribution is 0.0524. The van der Waals surface area contributed by atoms with Gasteiger partial charge in [0, 0.05) is 25.2 Å². The number of aryl methyl sites for hydroxylation is 1. The number of hydrogen-bond acceptors (Lipinski definition) is 3. The van der Waals surface area contributed by atoms with Gasteiger partial charge in [0.15, 0.2) is 0 Å². The second-order valence-corrected chi connectivity index (χ2v) is 8.95. The maximum absolute atomic E-state index is 12.9. The van der Waals surface area contributed by atoms with Crippen molar-refractivity contribution in [3.8, 4) is 0 Å². The van der Waals surface area contributed by atoms with Crippen LogP contribution in [0, 0.1) is 0 Å². The van der Waals surface area contributed by atoms with Gasteiger partial charge in [-0.25, -0.2) is 8.42 Å². The summed E-state index contributed by atoms with van der Waals surface area (Å²) in [7, 11) is -3.24. The molecule has 0 aromatic heterocycles. The average Bonchev–Trinajstić information content (AvgIpc) is 2.97. The summed E-state index contributed by atoms with van der Waals surface area (Å²) in [6, 6.07) is 7.74. The first-order valence-electron chi connectivity index (χ1n) is 8.72. The maximum Gasteiger partial charge on any atom is 0.253 e. The third-order valence-corrected chi connectivity index (χ3v) is 6.75. The summed E-state index contributed by atoms with van der Waals surface area (Å²) >= 11 is 0. The molecule has 3 rings (SSSR count). The van der Waals surface area contributed by atoms with Gasteiger partial charge in [-0.3, -0.25) is 4.79 Å². The fraction of sp³-hybridized carbons (Fsp3) is 0.611. The predicted molar refractivity (Wildman–Crippen MR) is 94.5 cm³/mol. The summed E-state index contributed by atoms with van der Waals surface area (Å²) in [4.78, 5) is 14.7. The van der Waals surface area contributed by atoms with E-state index >= 15 is 0 Å². The molecule has 2 aliphatic rings. The number of sulfonamides is 1. The van der Waals surface area contributed by atoms with Crippen LogP contribution in [-0.4, -0.2) is 55.0 Å². The number of nitrogens with zero attached hydrogens (tertiary/aromatic N) is 2. The molecule has 2 heterocycles. The lowest BCUT2D eigenvalue weighted by Crippen LogP contribution is -2.58. The Labute approximate surface area is 144 Å². The Morgan fingerprint density at radius 2 is 1.75 bits per heavy atom. The zero-order valence-electron chi connectivity index (χ0n) is 14.5. The number of carbonyl (C=O) groups excluding carboxylic acids is 1. The molecular formula is C18H26N2O3S. The normalized spacial score (nSPS) is 25.3. The van der Waals surface area contributed by atoms with Crippen molar-refractivity contribution < 1.29 is 13.2 Å². The molecule has 0 saturated carbocycles. The van der Waals surface area contributed by atoms with Gasteiger partial charge in [-0.05, 0) is 49.8 Å². The molecule has 0 N–H and O–H groups in total. The average molecular weight is 350 g/mol. The van der Waals surface area contributed by atoms with E-state index in [1.165, 1.54) is 11.8 Å². The SMILES string of the molecule is CCc1ccc(C(=O)N2CCC[C@]3(CCCN3S(C)(=O)=O)C2)cc1. The quantitative estimate of drug-likeness (QED) is 0.840. The van der Waals surface area contributed by atoms with Gasteiger partial charge in [0.1, 0.15) is 0 Å². The van der Waals surface area contributed by atoms with Gasteiger partial charge in [0.25, 0.3) is 5.91 Å². The van der Waals surface area contributed by atoms with Crippen molar-refractivity contribution in [1.82, 2.24) is 9.21 Å². The molecule has 24 heavy (non-hydrogen) atoms. The highest BCUT2D eigenvalue weighted by Gasteiger charge is 2.48. The molecule has 2 saturated heterocycles. The zero-order valence-corrected chi connectivity index (χ0v) is 15.3. The summed E-state index contributed by atoms with van der Waals surface area (Å²) in [6.45, 7) is 3.87. The molecule has 0 aliphatic carbocycles. The topological polar surface area (TPSA) is 57.7 Å². The van der Waals surface area contributed by atoms with Crippen LogP contribution in [0.15, 0.2) is 24.3 Å². The molecule has 0 unspecified atom stereocenters. The molecule has 1 spiro atoms. The first-order chi connectivity index (χ1) is 11.4. The minimum absolute atomic E-state index is 0.0112. The standard InChI is InChI=1S/C18H26N2O3S/c1-3-15-6-8-16(9-7-15)17(21)19-12-4-10-18(14-19)11-5-13-20(18)24(2,22)23/h6-9H,3-5,10-14H2,1-2H3/t18-/m0/s1. The summed E-state index contributed by atoms with van der Waals surface area (Å²) in [6.07, 6.45) is 5.65. The van der Waals surface area contributed by atoms with E-state index in [0.29, 0.717) is 25.2 Å². The van der Waals surface area contributed by atoms with Gasteiger partial charge in [-0.2, -0.15) is 4.31 Å². The van der Waals surface area contributed by atoms with Crippen LogP contribution in [-0.2, 0) is 16.4 Å². The fourth-order valence-electron chi connectivity index (χ4n) is 4.19. The molecule has 1 atom stereocenters. The van der Waals surface area contributed by atoms with Gasteiger partial charge in [0.2, 0.25) is 10.0 Å². The number of benzene rings is 1. The fourth-order valence-corrected chi connectivity index (χ4v) is 5.59. The summed E-state index contributed by atoms with van der Waals surface area (Å²) < 4.78 is 25.9. The van der Waals surface area contributed by atoms with E-state index in [1.807, 2.05) is 29.2 Å². The molecule has 6 heteroatoms. The van der Waals surface area contributed by atoms with Crippen LogP contribution >= 0.6 is 0 Å². The lowest BCUT2D eigenvalue weighted by Gasteiger charge is -2.44. The summed E-state index contributed by atoms with van der Waals surface area (Å²) in [5.74, 6) is 0.0112. The van der Waals surface area contributed by atoms with Gasteiger partial charge < -0.3 is 4.90 Å². The van der Waals surface area contributed by atoms with Crippen LogP contribution < -0.4 is 0 Å². The van der Waals surface area contributed by atoms with Crippen LogP contribution in [0.4, 0.5) is 0 Å². The highest BCUT2D eigenvalue weighted by atomic mass is 32.2. The van der Waals surface area contributed by atoms with Crippen LogP contribution in [0.3, 0.4) is 0 Å². The van der Waals surface area contributed by atoms with E-state index in [0.717, 1.165) is 32.1 Å². The Kier molecular flexibility index (Phi) is 4.71. The summed E-state index contributed by atoms with van der Waals surface area (Å²) in [5.41, 5.74) is 1.50. The third-order valence-electron chi connectivity index (χ3n) is 5.38. The minimum atomic E-state index is -3.24. The Morgan fingerprint density at radius 1 is 1.12 bits per heavy atom. The number of likely N-dealkylation sites (tertiary alicyclic amines) is 1. The predicted octanol–water partition coefficient (Wildman–Crippen LogP) is 2.28. The van der Waals surface area contributed by atoms with Crippen LogP contribution in [0.2, 0.25) is 0 Å². The molecular weight excluding hydrogens is 324 g/mol. The van der Waals surface area contributed by atoms with Gasteiger partial charge in [-0.1, -0.05) is 19.1 Å². The smallest absolute Gasteiger partial charge is 0.253 e. The number of piperidine rings is 1. The van der Waals surface area contributed by atoms with Crippen molar-refractivity contribution >= 4 is 15.9 Å². The van der Waals surface area contributed by atoms with Crippen molar-refractivity contribution in [1.29, 1.82) is 0 Å². The monoisotopic (exact) mass is 350 g/mol. The first kappa shape index (κ1) is 17.4. The molecule has 0 radical (unpaired) electrons.